The van der Waals surface area contributed by atoms with E-state index in [1.165, 1.54) is 11.6 Å². The molecule has 1 aliphatic rings. The first-order chi connectivity index (χ1) is 12.3. The molecule has 0 bridgehead atoms. The Balaban J connectivity index is 0.00000243. The summed E-state index contributed by atoms with van der Waals surface area (Å²) in [5.41, 5.74) is 1.18. The molecule has 3 rings (SSSR count). The summed E-state index contributed by atoms with van der Waals surface area (Å²) < 4.78 is 13.9. The Morgan fingerprint density at radius 1 is 1.35 bits per heavy atom. The molecule has 6 nitrogen and oxygen atoms in total. The molecule has 2 aromatic rings. The fraction of sp³-hybridized carbons (Fsp3) is 0.389. The lowest BCUT2D eigenvalue weighted by Gasteiger charge is -2.20. The topological polar surface area (TPSA) is 65.4 Å². The summed E-state index contributed by atoms with van der Waals surface area (Å²) >= 11 is 0. The second kappa shape index (κ2) is 10.2. The van der Waals surface area contributed by atoms with Gasteiger partial charge in [0.1, 0.15) is 0 Å². The second-order valence-electron chi connectivity index (χ2n) is 6.00. The summed E-state index contributed by atoms with van der Waals surface area (Å²) in [5, 5.41) is 6.72. The highest BCUT2D eigenvalue weighted by Gasteiger charge is 2.25. The molecule has 26 heavy (non-hydrogen) atoms. The number of nitrogens with one attached hydrogen (secondary N) is 2. The minimum absolute atomic E-state index is 0. The molecule has 8 heteroatoms. The van der Waals surface area contributed by atoms with Gasteiger partial charge in [-0.2, -0.15) is 0 Å². The van der Waals surface area contributed by atoms with Crippen LogP contribution in [0.1, 0.15) is 12.0 Å². The molecule has 0 radical (unpaired) electrons. The van der Waals surface area contributed by atoms with E-state index in [1.807, 2.05) is 17.2 Å². The maximum absolute atomic E-state index is 13.9. The van der Waals surface area contributed by atoms with Crippen LogP contribution in [-0.4, -0.2) is 48.7 Å². The molecule has 2 N–H and O–H groups in total. The SMILES string of the molecule is CN=C(NCCc1cccnc1)NC1CCN(c2ncccc2F)C1.I. The Labute approximate surface area is 170 Å². The average Bonchev–Trinajstić information content (AvgIpc) is 3.10. The minimum atomic E-state index is -0.276. The molecule has 0 saturated carbocycles. The van der Waals surface area contributed by atoms with E-state index in [9.17, 15) is 4.39 Å². The molecule has 1 saturated heterocycles. The molecule has 0 spiro atoms. The van der Waals surface area contributed by atoms with Gasteiger partial charge in [-0.05, 0) is 36.6 Å². The number of nitrogens with zero attached hydrogens (tertiary/aromatic N) is 4. The van der Waals surface area contributed by atoms with Gasteiger partial charge in [-0.1, -0.05) is 6.07 Å². The number of hydrogen-bond acceptors (Lipinski definition) is 4. The summed E-state index contributed by atoms with van der Waals surface area (Å²) in [5.74, 6) is 0.908. The third-order valence-corrected chi connectivity index (χ3v) is 4.22. The van der Waals surface area contributed by atoms with E-state index in [0.29, 0.717) is 12.4 Å². The first kappa shape index (κ1) is 20.3. The van der Waals surface area contributed by atoms with Crippen molar-refractivity contribution in [1.29, 1.82) is 0 Å². The zero-order chi connectivity index (χ0) is 17.5. The van der Waals surface area contributed by atoms with Crippen LogP contribution >= 0.6 is 24.0 Å². The van der Waals surface area contributed by atoms with Crippen LogP contribution < -0.4 is 15.5 Å². The molecule has 2 aromatic heterocycles. The predicted molar refractivity (Wildman–Crippen MR) is 113 cm³/mol. The van der Waals surface area contributed by atoms with E-state index in [1.54, 1.807) is 25.5 Å². The fourth-order valence-electron chi connectivity index (χ4n) is 2.94. The number of hydrogen-bond donors (Lipinski definition) is 2. The first-order valence-electron chi connectivity index (χ1n) is 8.48. The Morgan fingerprint density at radius 2 is 2.19 bits per heavy atom. The highest BCUT2D eigenvalue weighted by Crippen LogP contribution is 2.20. The molecule has 1 aliphatic heterocycles. The lowest BCUT2D eigenvalue weighted by molar-refractivity contribution is 0.612. The number of guanidine groups is 1. The number of rotatable bonds is 5. The number of aliphatic imine (C=N–C) groups is 1. The maximum Gasteiger partial charge on any atom is 0.191 e. The Morgan fingerprint density at radius 3 is 2.92 bits per heavy atom. The van der Waals surface area contributed by atoms with E-state index < -0.39 is 0 Å². The summed E-state index contributed by atoms with van der Waals surface area (Å²) in [4.78, 5) is 14.5. The lowest BCUT2D eigenvalue weighted by atomic mass is 10.2. The van der Waals surface area contributed by atoms with E-state index >= 15 is 0 Å². The molecule has 3 heterocycles. The third-order valence-electron chi connectivity index (χ3n) is 4.22. The molecule has 1 fully saturated rings. The molecule has 0 aromatic carbocycles. The van der Waals surface area contributed by atoms with Crippen molar-refractivity contribution in [3.63, 3.8) is 0 Å². The predicted octanol–water partition coefficient (Wildman–Crippen LogP) is 2.22. The van der Waals surface area contributed by atoms with Crippen LogP contribution in [0.15, 0.2) is 47.8 Å². The fourth-order valence-corrected chi connectivity index (χ4v) is 2.94. The smallest absolute Gasteiger partial charge is 0.191 e. The van der Waals surface area contributed by atoms with Gasteiger partial charge in [-0.3, -0.25) is 9.98 Å². The second-order valence-corrected chi connectivity index (χ2v) is 6.00. The van der Waals surface area contributed by atoms with Crippen molar-refractivity contribution in [2.75, 3.05) is 31.6 Å². The number of aromatic nitrogens is 2. The van der Waals surface area contributed by atoms with Crippen LogP contribution in [0.3, 0.4) is 0 Å². The standard InChI is InChI=1S/C18H23FN6.HI/c1-20-18(23-10-6-14-4-2-8-21-12-14)24-15-7-11-25(13-15)17-16(19)5-3-9-22-17;/h2-5,8-9,12,15H,6-7,10-11,13H2,1H3,(H2,20,23,24);1H. The van der Waals surface area contributed by atoms with E-state index in [0.717, 1.165) is 31.9 Å². The van der Waals surface area contributed by atoms with Gasteiger partial charge in [0, 0.05) is 51.3 Å². The van der Waals surface area contributed by atoms with Crippen molar-refractivity contribution in [3.8, 4) is 0 Å². The van der Waals surface area contributed by atoms with E-state index in [2.05, 4.69) is 31.7 Å². The van der Waals surface area contributed by atoms with Gasteiger partial charge in [-0.25, -0.2) is 9.37 Å². The van der Waals surface area contributed by atoms with Gasteiger partial charge in [0.2, 0.25) is 0 Å². The van der Waals surface area contributed by atoms with Crippen molar-refractivity contribution >= 4 is 35.8 Å². The molecular weight excluding hydrogens is 446 g/mol. The average molecular weight is 470 g/mol. The quantitative estimate of drug-likeness (QED) is 0.399. The normalized spacial score (nSPS) is 16.9. The van der Waals surface area contributed by atoms with Crippen LogP contribution in [0.5, 0.6) is 0 Å². The molecule has 1 atom stereocenters. The summed E-state index contributed by atoms with van der Waals surface area (Å²) in [6.45, 7) is 2.26. The highest BCUT2D eigenvalue weighted by molar-refractivity contribution is 14.0. The van der Waals surface area contributed by atoms with Crippen LogP contribution in [-0.2, 0) is 6.42 Å². The monoisotopic (exact) mass is 470 g/mol. The van der Waals surface area contributed by atoms with Crippen molar-refractivity contribution in [2.24, 2.45) is 4.99 Å². The van der Waals surface area contributed by atoms with E-state index in [-0.39, 0.29) is 35.8 Å². The molecule has 140 valence electrons. The van der Waals surface area contributed by atoms with Crippen molar-refractivity contribution < 1.29 is 4.39 Å². The summed E-state index contributed by atoms with van der Waals surface area (Å²) in [6, 6.07) is 7.26. The summed E-state index contributed by atoms with van der Waals surface area (Å²) in [7, 11) is 1.75. The Bertz CT molecular complexity index is 712. The zero-order valence-corrected chi connectivity index (χ0v) is 17.1. The minimum Gasteiger partial charge on any atom is -0.356 e. The van der Waals surface area contributed by atoms with Crippen LogP contribution in [0, 0.1) is 5.82 Å². The van der Waals surface area contributed by atoms with Gasteiger partial charge in [0.25, 0.3) is 0 Å². The van der Waals surface area contributed by atoms with Gasteiger partial charge in [-0.15, -0.1) is 24.0 Å². The van der Waals surface area contributed by atoms with E-state index in [4.69, 9.17) is 0 Å². The van der Waals surface area contributed by atoms with Crippen LogP contribution in [0.2, 0.25) is 0 Å². The summed E-state index contributed by atoms with van der Waals surface area (Å²) in [6.07, 6.45) is 7.06. The molecular formula is C18H24FIN6. The Hall–Kier alpha value is -1.97. The highest BCUT2D eigenvalue weighted by atomic mass is 127. The number of pyridine rings is 2. The largest absolute Gasteiger partial charge is 0.356 e. The van der Waals surface area contributed by atoms with Gasteiger partial charge in [0.05, 0.1) is 0 Å². The third kappa shape index (κ3) is 5.52. The first-order valence-corrected chi connectivity index (χ1v) is 8.48. The molecule has 0 amide bonds. The lowest BCUT2D eigenvalue weighted by Crippen LogP contribution is -2.45. The maximum atomic E-state index is 13.9. The zero-order valence-electron chi connectivity index (χ0n) is 14.7. The van der Waals surface area contributed by atoms with Gasteiger partial charge < -0.3 is 15.5 Å². The van der Waals surface area contributed by atoms with Crippen molar-refractivity contribution in [3.05, 3.63) is 54.2 Å². The van der Waals surface area contributed by atoms with Gasteiger partial charge in [0.15, 0.2) is 17.6 Å². The van der Waals surface area contributed by atoms with Gasteiger partial charge >= 0.3 is 0 Å². The Kier molecular flexibility index (Phi) is 8.02. The van der Waals surface area contributed by atoms with Crippen LogP contribution in [0.4, 0.5) is 10.2 Å². The van der Waals surface area contributed by atoms with Crippen molar-refractivity contribution in [2.45, 2.75) is 18.9 Å². The molecule has 0 aliphatic carbocycles. The molecule has 1 unspecified atom stereocenters. The number of halogens is 2. The van der Waals surface area contributed by atoms with Crippen molar-refractivity contribution in [1.82, 2.24) is 20.6 Å². The number of anilines is 1. The van der Waals surface area contributed by atoms with Crippen LogP contribution in [0.25, 0.3) is 0 Å².